The first-order valence-electron chi connectivity index (χ1n) is 7.06. The van der Waals surface area contributed by atoms with E-state index < -0.39 is 0 Å². The molecule has 0 spiro atoms. The van der Waals surface area contributed by atoms with E-state index in [9.17, 15) is 0 Å². The predicted octanol–water partition coefficient (Wildman–Crippen LogP) is 4.75. The van der Waals surface area contributed by atoms with Crippen LogP contribution in [-0.4, -0.2) is 4.98 Å². The first-order valence-corrected chi connectivity index (χ1v) is 7.88. The minimum absolute atomic E-state index is 0.111. The van der Waals surface area contributed by atoms with Crippen LogP contribution in [0.25, 0.3) is 0 Å². The van der Waals surface area contributed by atoms with E-state index >= 15 is 0 Å². The highest BCUT2D eigenvalue weighted by Crippen LogP contribution is 2.33. The second kappa shape index (κ2) is 5.70. The third kappa shape index (κ3) is 3.30. The number of nitrogens with one attached hydrogen (secondary N) is 1. The van der Waals surface area contributed by atoms with Crippen molar-refractivity contribution in [3.05, 3.63) is 39.7 Å². The smallest absolute Gasteiger partial charge is 0.120 e. The molecule has 2 atom stereocenters. The standard InChI is InChI=1S/C16H24N2OS/c1-10(13-8-7-9-19-13)17-11(2)14-12(3)18-15(20-14)16(4,5)6/h7-11,17H,1-6H3/t10-,11?/m1/s1. The lowest BCUT2D eigenvalue weighted by molar-refractivity contribution is 0.404. The number of aromatic nitrogens is 1. The molecule has 1 N–H and O–H groups in total. The van der Waals surface area contributed by atoms with Gasteiger partial charge in [0.2, 0.25) is 0 Å². The van der Waals surface area contributed by atoms with Gasteiger partial charge in [-0.15, -0.1) is 11.3 Å². The van der Waals surface area contributed by atoms with Crippen LogP contribution in [0, 0.1) is 6.92 Å². The van der Waals surface area contributed by atoms with Crippen molar-refractivity contribution in [3.63, 3.8) is 0 Å². The SMILES string of the molecule is Cc1nc(C(C)(C)C)sc1C(C)N[C@H](C)c1ccco1. The molecule has 0 bridgehead atoms. The van der Waals surface area contributed by atoms with E-state index in [0.29, 0.717) is 0 Å². The molecule has 0 aliphatic rings. The Kier molecular flexibility index (Phi) is 4.35. The van der Waals surface area contributed by atoms with Gasteiger partial charge in [0.05, 0.1) is 23.0 Å². The van der Waals surface area contributed by atoms with Crippen molar-refractivity contribution in [3.8, 4) is 0 Å². The summed E-state index contributed by atoms with van der Waals surface area (Å²) in [6.45, 7) is 13.0. The van der Waals surface area contributed by atoms with Gasteiger partial charge >= 0.3 is 0 Å². The maximum absolute atomic E-state index is 5.45. The van der Waals surface area contributed by atoms with E-state index in [1.165, 1.54) is 9.88 Å². The third-order valence-corrected chi connectivity index (χ3v) is 5.10. The molecule has 2 heterocycles. The molecular formula is C16H24N2OS. The molecule has 20 heavy (non-hydrogen) atoms. The van der Waals surface area contributed by atoms with Crippen molar-refractivity contribution < 1.29 is 4.42 Å². The molecule has 0 aliphatic carbocycles. The first-order chi connectivity index (χ1) is 9.29. The summed E-state index contributed by atoms with van der Waals surface area (Å²) in [5.74, 6) is 0.968. The largest absolute Gasteiger partial charge is 0.468 e. The molecular weight excluding hydrogens is 268 g/mol. The summed E-state index contributed by atoms with van der Waals surface area (Å²) >= 11 is 1.81. The van der Waals surface area contributed by atoms with Crippen LogP contribution in [0.5, 0.6) is 0 Å². The average Bonchev–Trinajstić information content (AvgIpc) is 2.95. The zero-order valence-corrected chi connectivity index (χ0v) is 14.0. The van der Waals surface area contributed by atoms with Crippen LogP contribution in [0.3, 0.4) is 0 Å². The highest BCUT2D eigenvalue weighted by molar-refractivity contribution is 7.12. The van der Waals surface area contributed by atoms with Crippen LogP contribution >= 0.6 is 11.3 Å². The Morgan fingerprint density at radius 3 is 2.45 bits per heavy atom. The fourth-order valence-electron chi connectivity index (χ4n) is 2.20. The van der Waals surface area contributed by atoms with Crippen LogP contribution < -0.4 is 5.32 Å². The highest BCUT2D eigenvalue weighted by Gasteiger charge is 2.23. The Bertz CT molecular complexity index is 552. The van der Waals surface area contributed by atoms with Gasteiger partial charge in [-0.25, -0.2) is 4.98 Å². The Morgan fingerprint density at radius 1 is 1.25 bits per heavy atom. The molecule has 0 amide bonds. The summed E-state index contributed by atoms with van der Waals surface area (Å²) in [7, 11) is 0. The van der Waals surface area contributed by atoms with Gasteiger partial charge in [-0.05, 0) is 32.9 Å². The molecule has 0 aliphatic heterocycles. The molecule has 3 nitrogen and oxygen atoms in total. The van der Waals surface area contributed by atoms with E-state index in [4.69, 9.17) is 9.40 Å². The zero-order chi connectivity index (χ0) is 14.9. The van der Waals surface area contributed by atoms with Crippen molar-refractivity contribution >= 4 is 11.3 Å². The predicted molar refractivity (Wildman–Crippen MR) is 84.2 cm³/mol. The van der Waals surface area contributed by atoms with Gasteiger partial charge in [0.1, 0.15) is 5.76 Å². The lowest BCUT2D eigenvalue weighted by Gasteiger charge is -2.18. The van der Waals surface area contributed by atoms with E-state index in [1.807, 2.05) is 23.5 Å². The van der Waals surface area contributed by atoms with Gasteiger partial charge in [0, 0.05) is 16.3 Å². The molecule has 2 aromatic rings. The summed E-state index contributed by atoms with van der Waals surface area (Å²) in [6, 6.07) is 4.39. The summed E-state index contributed by atoms with van der Waals surface area (Å²) in [5, 5.41) is 4.78. The highest BCUT2D eigenvalue weighted by atomic mass is 32.1. The molecule has 2 rings (SSSR count). The Balaban J connectivity index is 2.13. The fourth-order valence-corrected chi connectivity index (χ4v) is 3.34. The average molecular weight is 292 g/mol. The van der Waals surface area contributed by atoms with Crippen molar-refractivity contribution in [1.29, 1.82) is 0 Å². The number of furan rings is 1. The van der Waals surface area contributed by atoms with E-state index in [-0.39, 0.29) is 17.5 Å². The summed E-state index contributed by atoms with van der Waals surface area (Å²) in [6.07, 6.45) is 1.72. The summed E-state index contributed by atoms with van der Waals surface area (Å²) < 4.78 is 5.45. The molecule has 0 fully saturated rings. The van der Waals surface area contributed by atoms with Gasteiger partial charge in [0.25, 0.3) is 0 Å². The van der Waals surface area contributed by atoms with Gasteiger partial charge in [-0.2, -0.15) is 0 Å². The quantitative estimate of drug-likeness (QED) is 0.883. The molecule has 0 saturated heterocycles. The van der Waals surface area contributed by atoms with Gasteiger partial charge in [-0.3, -0.25) is 0 Å². The third-order valence-electron chi connectivity index (χ3n) is 3.34. The second-order valence-corrected chi connectivity index (χ2v) is 7.37. The van der Waals surface area contributed by atoms with Gasteiger partial charge < -0.3 is 9.73 Å². The Morgan fingerprint density at radius 2 is 1.95 bits per heavy atom. The molecule has 2 aromatic heterocycles. The van der Waals surface area contributed by atoms with Crippen molar-refractivity contribution in [2.24, 2.45) is 0 Å². The number of nitrogens with zero attached hydrogens (tertiary/aromatic N) is 1. The molecule has 4 heteroatoms. The van der Waals surface area contributed by atoms with Crippen LogP contribution in [0.1, 0.15) is 68.0 Å². The number of hydrogen-bond donors (Lipinski definition) is 1. The fraction of sp³-hybridized carbons (Fsp3) is 0.562. The lowest BCUT2D eigenvalue weighted by Crippen LogP contribution is -2.22. The first kappa shape index (κ1) is 15.3. The van der Waals surface area contributed by atoms with Crippen LogP contribution in [0.2, 0.25) is 0 Å². The Labute approximate surface area is 125 Å². The summed E-state index contributed by atoms with van der Waals surface area (Å²) in [5.41, 5.74) is 1.24. The van der Waals surface area contributed by atoms with Crippen LogP contribution in [-0.2, 0) is 5.41 Å². The minimum Gasteiger partial charge on any atom is -0.468 e. The van der Waals surface area contributed by atoms with Crippen molar-refractivity contribution in [1.82, 2.24) is 10.3 Å². The monoisotopic (exact) mass is 292 g/mol. The number of rotatable bonds is 4. The van der Waals surface area contributed by atoms with E-state index in [1.54, 1.807) is 6.26 Å². The van der Waals surface area contributed by atoms with E-state index in [0.717, 1.165) is 11.5 Å². The van der Waals surface area contributed by atoms with E-state index in [2.05, 4.69) is 46.9 Å². The molecule has 1 unspecified atom stereocenters. The van der Waals surface area contributed by atoms with Crippen molar-refractivity contribution in [2.75, 3.05) is 0 Å². The lowest BCUT2D eigenvalue weighted by atomic mass is 9.98. The van der Waals surface area contributed by atoms with Gasteiger partial charge in [-0.1, -0.05) is 20.8 Å². The summed E-state index contributed by atoms with van der Waals surface area (Å²) in [4.78, 5) is 6.04. The van der Waals surface area contributed by atoms with Crippen LogP contribution in [0.15, 0.2) is 22.8 Å². The minimum atomic E-state index is 0.111. The number of thiazole rings is 1. The zero-order valence-electron chi connectivity index (χ0n) is 13.2. The number of aryl methyl sites for hydroxylation is 1. The topological polar surface area (TPSA) is 38.1 Å². The maximum atomic E-state index is 5.45. The second-order valence-electron chi connectivity index (χ2n) is 6.34. The molecule has 0 radical (unpaired) electrons. The molecule has 0 saturated carbocycles. The normalized spacial score (nSPS) is 15.3. The van der Waals surface area contributed by atoms with Crippen LogP contribution in [0.4, 0.5) is 0 Å². The van der Waals surface area contributed by atoms with Crippen molar-refractivity contribution in [2.45, 2.75) is 59.0 Å². The molecule has 0 aromatic carbocycles. The Hall–Kier alpha value is -1.13. The maximum Gasteiger partial charge on any atom is 0.120 e. The number of hydrogen-bond acceptors (Lipinski definition) is 4. The molecule has 110 valence electrons. The van der Waals surface area contributed by atoms with Gasteiger partial charge in [0.15, 0.2) is 0 Å².